The number of aromatic nitrogens is 1. The third-order valence-electron chi connectivity index (χ3n) is 6.56. The van der Waals surface area contributed by atoms with E-state index < -0.39 is 7.12 Å². The number of fused-ring (bicyclic) bond motifs is 1. The third-order valence-corrected chi connectivity index (χ3v) is 6.56. The summed E-state index contributed by atoms with van der Waals surface area (Å²) in [6.07, 6.45) is 1.57. The topological polar surface area (TPSA) is 60.9 Å². The lowest BCUT2D eigenvalue weighted by Gasteiger charge is -2.33. The standard InChI is InChI=1S/C23H29BN2O4/c1-15-13-26(21(27)16-7-10-20(28-6)25-12-16)14-17-11-18(8-9-19(15)17)24-29-22(2,3)23(4,5)30-24/h7-12,15H,13-14H2,1-6H3. The SMILES string of the molecule is COc1ccc(C(=O)N2Cc3cc(B4OC(C)(C)C(C)(C)O4)ccc3C(C)C2)cn1. The maximum absolute atomic E-state index is 13.1. The van der Waals surface area contributed by atoms with Crippen molar-refractivity contribution < 1.29 is 18.8 Å². The Balaban J connectivity index is 1.57. The molecule has 2 aliphatic rings. The fraction of sp³-hybridized carbons (Fsp3) is 0.478. The normalized spacial score (nSPS) is 22.0. The van der Waals surface area contributed by atoms with Crippen molar-refractivity contribution in [2.45, 2.75) is 58.3 Å². The molecule has 158 valence electrons. The molecule has 1 aromatic heterocycles. The Bertz CT molecular complexity index is 942. The van der Waals surface area contributed by atoms with Crippen LogP contribution in [0.15, 0.2) is 36.5 Å². The lowest BCUT2D eigenvalue weighted by atomic mass is 9.76. The second kappa shape index (κ2) is 7.39. The zero-order valence-electron chi connectivity index (χ0n) is 18.6. The molecule has 0 radical (unpaired) electrons. The lowest BCUT2D eigenvalue weighted by molar-refractivity contribution is 0.00578. The largest absolute Gasteiger partial charge is 0.494 e. The van der Waals surface area contributed by atoms with Gasteiger partial charge in [0.05, 0.1) is 23.9 Å². The highest BCUT2D eigenvalue weighted by Crippen LogP contribution is 2.37. The monoisotopic (exact) mass is 408 g/mol. The summed E-state index contributed by atoms with van der Waals surface area (Å²) in [6, 6.07) is 9.83. The summed E-state index contributed by atoms with van der Waals surface area (Å²) in [7, 11) is 1.15. The van der Waals surface area contributed by atoms with Crippen molar-refractivity contribution in [3.8, 4) is 5.88 Å². The highest BCUT2D eigenvalue weighted by molar-refractivity contribution is 6.62. The highest BCUT2D eigenvalue weighted by Gasteiger charge is 2.51. The first kappa shape index (κ1) is 20.9. The van der Waals surface area contributed by atoms with Gasteiger partial charge >= 0.3 is 7.12 Å². The number of carbonyl (C=O) groups is 1. The van der Waals surface area contributed by atoms with Gasteiger partial charge in [-0.3, -0.25) is 4.79 Å². The van der Waals surface area contributed by atoms with Crippen LogP contribution in [-0.2, 0) is 15.9 Å². The molecule has 1 unspecified atom stereocenters. The first-order valence-corrected chi connectivity index (χ1v) is 10.4. The smallest absolute Gasteiger partial charge is 0.481 e. The number of hydrogen-bond acceptors (Lipinski definition) is 5. The Morgan fingerprint density at radius 2 is 1.87 bits per heavy atom. The van der Waals surface area contributed by atoms with Gasteiger partial charge in [0.15, 0.2) is 0 Å². The van der Waals surface area contributed by atoms with E-state index in [-0.39, 0.29) is 23.0 Å². The van der Waals surface area contributed by atoms with Crippen molar-refractivity contribution in [2.24, 2.45) is 0 Å². The Labute approximate surface area is 178 Å². The maximum atomic E-state index is 13.1. The molecule has 1 fully saturated rings. The van der Waals surface area contributed by atoms with E-state index in [1.165, 1.54) is 5.56 Å². The molecule has 7 heteroatoms. The number of methoxy groups -OCH3 is 1. The van der Waals surface area contributed by atoms with E-state index >= 15 is 0 Å². The first-order chi connectivity index (χ1) is 14.1. The van der Waals surface area contributed by atoms with Gasteiger partial charge in [0.2, 0.25) is 5.88 Å². The van der Waals surface area contributed by atoms with Crippen LogP contribution in [0.2, 0.25) is 0 Å². The second-order valence-electron chi connectivity index (χ2n) is 9.22. The van der Waals surface area contributed by atoms with Gasteiger partial charge in [-0.15, -0.1) is 0 Å². The minimum absolute atomic E-state index is 0.0244. The van der Waals surface area contributed by atoms with Crippen molar-refractivity contribution >= 4 is 18.5 Å². The van der Waals surface area contributed by atoms with Crippen LogP contribution in [0.3, 0.4) is 0 Å². The van der Waals surface area contributed by atoms with Crippen molar-refractivity contribution in [1.82, 2.24) is 9.88 Å². The fourth-order valence-corrected chi connectivity index (χ4v) is 4.03. The average Bonchev–Trinajstić information content (AvgIpc) is 2.94. The van der Waals surface area contributed by atoms with Gasteiger partial charge in [-0.1, -0.05) is 25.1 Å². The van der Waals surface area contributed by atoms with Gasteiger partial charge < -0.3 is 18.9 Å². The van der Waals surface area contributed by atoms with Crippen molar-refractivity contribution in [2.75, 3.05) is 13.7 Å². The summed E-state index contributed by atoms with van der Waals surface area (Å²) < 4.78 is 17.5. The maximum Gasteiger partial charge on any atom is 0.494 e. The molecule has 0 bridgehead atoms. The Hall–Kier alpha value is -2.38. The second-order valence-corrected chi connectivity index (χ2v) is 9.22. The number of hydrogen-bond donors (Lipinski definition) is 0. The third kappa shape index (κ3) is 3.61. The molecule has 0 spiro atoms. The summed E-state index contributed by atoms with van der Waals surface area (Å²) in [6.45, 7) is 11.6. The van der Waals surface area contributed by atoms with Crippen LogP contribution in [0.1, 0.15) is 62.0 Å². The Kier molecular flexibility index (Phi) is 5.15. The van der Waals surface area contributed by atoms with E-state index in [2.05, 4.69) is 57.8 Å². The molecule has 6 nitrogen and oxygen atoms in total. The molecular formula is C23H29BN2O4. The molecule has 3 heterocycles. The Morgan fingerprint density at radius 3 is 2.47 bits per heavy atom. The van der Waals surface area contributed by atoms with Gasteiger partial charge in [-0.2, -0.15) is 0 Å². The van der Waals surface area contributed by atoms with Crippen LogP contribution < -0.4 is 10.2 Å². The number of carbonyl (C=O) groups excluding carboxylic acids is 1. The molecule has 1 amide bonds. The number of benzene rings is 1. The number of rotatable bonds is 3. The van der Waals surface area contributed by atoms with E-state index in [9.17, 15) is 4.79 Å². The molecule has 1 atom stereocenters. The quantitative estimate of drug-likeness (QED) is 0.731. The lowest BCUT2D eigenvalue weighted by Crippen LogP contribution is -2.41. The molecule has 0 N–H and O–H groups in total. The zero-order chi connectivity index (χ0) is 21.7. The minimum Gasteiger partial charge on any atom is -0.481 e. The van der Waals surface area contributed by atoms with Crippen molar-refractivity contribution in [3.63, 3.8) is 0 Å². The van der Waals surface area contributed by atoms with E-state index in [0.29, 0.717) is 24.5 Å². The van der Waals surface area contributed by atoms with Crippen LogP contribution in [0.5, 0.6) is 5.88 Å². The number of nitrogens with zero attached hydrogens (tertiary/aromatic N) is 2. The van der Waals surface area contributed by atoms with Crippen molar-refractivity contribution in [1.29, 1.82) is 0 Å². The van der Waals surface area contributed by atoms with Crippen molar-refractivity contribution in [3.05, 3.63) is 53.2 Å². The van der Waals surface area contributed by atoms with Gasteiger partial charge in [0.1, 0.15) is 0 Å². The van der Waals surface area contributed by atoms with Crippen LogP contribution >= 0.6 is 0 Å². The van der Waals surface area contributed by atoms with Crippen LogP contribution in [0, 0.1) is 0 Å². The number of ether oxygens (including phenoxy) is 1. The minimum atomic E-state index is -0.410. The van der Waals surface area contributed by atoms with Gasteiger partial charge in [0, 0.05) is 25.4 Å². The molecule has 4 rings (SSSR count). The van der Waals surface area contributed by atoms with Gasteiger partial charge in [0.25, 0.3) is 5.91 Å². The first-order valence-electron chi connectivity index (χ1n) is 10.4. The molecule has 0 aliphatic carbocycles. The summed E-state index contributed by atoms with van der Waals surface area (Å²) in [5.41, 5.74) is 3.19. The fourth-order valence-electron chi connectivity index (χ4n) is 4.03. The predicted molar refractivity (Wildman–Crippen MR) is 116 cm³/mol. The summed E-state index contributed by atoms with van der Waals surface area (Å²) >= 11 is 0. The average molecular weight is 408 g/mol. The van der Waals surface area contributed by atoms with Crippen LogP contribution in [0.4, 0.5) is 0 Å². The number of pyridine rings is 1. The summed E-state index contributed by atoms with van der Waals surface area (Å²) in [4.78, 5) is 19.1. The number of amides is 1. The Morgan fingerprint density at radius 1 is 1.17 bits per heavy atom. The molecule has 2 aliphatic heterocycles. The molecule has 30 heavy (non-hydrogen) atoms. The van der Waals surface area contributed by atoms with Gasteiger partial charge in [-0.25, -0.2) is 4.98 Å². The molecular weight excluding hydrogens is 379 g/mol. The van der Waals surface area contributed by atoms with E-state index in [4.69, 9.17) is 14.0 Å². The zero-order valence-corrected chi connectivity index (χ0v) is 18.6. The van der Waals surface area contributed by atoms with E-state index in [1.807, 2.05) is 4.90 Å². The molecule has 1 aromatic carbocycles. The predicted octanol–water partition coefficient (Wildman–Crippen LogP) is 3.15. The molecule has 0 saturated carbocycles. The molecule has 2 aromatic rings. The van der Waals surface area contributed by atoms with Crippen LogP contribution in [0.25, 0.3) is 0 Å². The van der Waals surface area contributed by atoms with E-state index in [0.717, 1.165) is 11.0 Å². The van der Waals surface area contributed by atoms with Gasteiger partial charge in [-0.05, 0) is 56.3 Å². The summed E-state index contributed by atoms with van der Waals surface area (Å²) in [5, 5.41) is 0. The molecule has 1 saturated heterocycles. The van der Waals surface area contributed by atoms with Crippen LogP contribution in [-0.4, -0.2) is 47.8 Å². The highest BCUT2D eigenvalue weighted by atomic mass is 16.7. The van der Waals surface area contributed by atoms with E-state index in [1.54, 1.807) is 25.4 Å². The summed E-state index contributed by atoms with van der Waals surface area (Å²) in [5.74, 6) is 0.718.